The fourth-order valence-electron chi connectivity index (χ4n) is 1.63. The summed E-state index contributed by atoms with van der Waals surface area (Å²) in [5, 5.41) is 0.517. The van der Waals surface area contributed by atoms with E-state index in [0.717, 1.165) is 20.1 Å². The van der Waals surface area contributed by atoms with Gasteiger partial charge in [0, 0.05) is 21.3 Å². The van der Waals surface area contributed by atoms with Crippen molar-refractivity contribution in [2.45, 2.75) is 11.8 Å². The number of aromatic nitrogens is 1. The van der Waals surface area contributed by atoms with Crippen LogP contribution in [0.3, 0.4) is 0 Å². The van der Waals surface area contributed by atoms with Crippen LogP contribution in [0.4, 0.5) is 0 Å². The summed E-state index contributed by atoms with van der Waals surface area (Å²) in [5.74, 6) is 0. The predicted molar refractivity (Wildman–Crippen MR) is 83.4 cm³/mol. The average molecular weight is 410 g/mol. The monoisotopic (exact) mass is 407 g/mol. The van der Waals surface area contributed by atoms with Gasteiger partial charge >= 0.3 is 0 Å². The summed E-state index contributed by atoms with van der Waals surface area (Å²) in [6.07, 6.45) is 4.03. The Kier molecular flexibility index (Phi) is 5.07. The second-order valence-corrected chi connectivity index (χ2v) is 6.51. The Hall–Kier alpha value is -0.0900. The number of nitrogens with zero attached hydrogens (tertiary/aromatic N) is 1. The topological polar surface area (TPSA) is 12.9 Å². The van der Waals surface area contributed by atoms with Crippen LogP contribution in [0.5, 0.6) is 0 Å². The molecule has 1 unspecified atom stereocenters. The fraction of sp³-hybridized carbons (Fsp3) is 0.154. The molecule has 1 nitrogen and oxygen atoms in total. The molecule has 0 N–H and O–H groups in total. The maximum absolute atomic E-state index is 6.45. The number of alkyl halides is 1. The summed E-state index contributed by atoms with van der Waals surface area (Å²) in [5.41, 5.74) is 2.05. The third-order valence-corrected chi connectivity index (χ3v) is 4.47. The molecule has 0 saturated carbocycles. The lowest BCUT2D eigenvalue weighted by atomic mass is 10.0. The standard InChI is InChI=1S/C13H9Br2Cl2N/c14-9-1-2-10(11(15)6-9)12(16)5-8-3-4-18-7-13(8)17/h1-4,6-7,12H,5H2. The van der Waals surface area contributed by atoms with E-state index < -0.39 is 0 Å². The summed E-state index contributed by atoms with van der Waals surface area (Å²) in [7, 11) is 0. The molecule has 5 heteroatoms. The van der Waals surface area contributed by atoms with E-state index in [1.54, 1.807) is 12.4 Å². The minimum atomic E-state index is -0.132. The van der Waals surface area contributed by atoms with Crippen LogP contribution in [0.25, 0.3) is 0 Å². The predicted octanol–water partition coefficient (Wildman–Crippen LogP) is 5.78. The van der Waals surface area contributed by atoms with Gasteiger partial charge in [0.15, 0.2) is 0 Å². The quantitative estimate of drug-likeness (QED) is 0.585. The molecule has 1 heterocycles. The average Bonchev–Trinajstić information content (AvgIpc) is 2.32. The number of hydrogen-bond acceptors (Lipinski definition) is 1. The van der Waals surface area contributed by atoms with Gasteiger partial charge in [-0.1, -0.05) is 49.5 Å². The molecule has 0 aliphatic rings. The van der Waals surface area contributed by atoms with Gasteiger partial charge in [-0.05, 0) is 35.7 Å². The summed E-state index contributed by atoms with van der Waals surface area (Å²) in [4.78, 5) is 3.96. The molecule has 0 radical (unpaired) electrons. The third-order valence-electron chi connectivity index (χ3n) is 2.56. The first-order valence-corrected chi connectivity index (χ1v) is 7.65. The van der Waals surface area contributed by atoms with Crippen LogP contribution in [0.2, 0.25) is 5.02 Å². The zero-order chi connectivity index (χ0) is 13.1. The third kappa shape index (κ3) is 3.47. The molecule has 1 atom stereocenters. The van der Waals surface area contributed by atoms with Crippen molar-refractivity contribution in [2.24, 2.45) is 0 Å². The Morgan fingerprint density at radius 1 is 1.22 bits per heavy atom. The smallest absolute Gasteiger partial charge is 0.0637 e. The number of rotatable bonds is 3. The van der Waals surface area contributed by atoms with Gasteiger partial charge in [0.1, 0.15) is 0 Å². The Morgan fingerprint density at radius 2 is 2.00 bits per heavy atom. The van der Waals surface area contributed by atoms with Gasteiger partial charge in [-0.15, -0.1) is 11.6 Å². The Labute approximate surface area is 133 Å². The molecule has 0 saturated heterocycles. The number of hydrogen-bond donors (Lipinski definition) is 0. The van der Waals surface area contributed by atoms with Gasteiger partial charge in [0.25, 0.3) is 0 Å². The van der Waals surface area contributed by atoms with Crippen molar-refractivity contribution >= 4 is 55.1 Å². The molecule has 94 valence electrons. The maximum Gasteiger partial charge on any atom is 0.0637 e. The molecule has 0 aliphatic heterocycles. The van der Waals surface area contributed by atoms with Gasteiger partial charge in [-0.2, -0.15) is 0 Å². The van der Waals surface area contributed by atoms with Crippen molar-refractivity contribution < 1.29 is 0 Å². The largest absolute Gasteiger partial charge is 0.263 e. The highest BCUT2D eigenvalue weighted by atomic mass is 79.9. The minimum absolute atomic E-state index is 0.132. The van der Waals surface area contributed by atoms with Crippen LogP contribution in [-0.2, 0) is 6.42 Å². The molecule has 2 rings (SSSR count). The molecule has 0 fully saturated rings. The van der Waals surface area contributed by atoms with E-state index >= 15 is 0 Å². The van der Waals surface area contributed by atoms with Gasteiger partial charge < -0.3 is 0 Å². The lowest BCUT2D eigenvalue weighted by Gasteiger charge is -2.13. The Bertz CT molecular complexity index is 560. The van der Waals surface area contributed by atoms with E-state index in [-0.39, 0.29) is 5.38 Å². The zero-order valence-corrected chi connectivity index (χ0v) is 13.9. The Balaban J connectivity index is 2.22. The summed E-state index contributed by atoms with van der Waals surface area (Å²) >= 11 is 19.5. The van der Waals surface area contributed by atoms with Crippen LogP contribution in [0.15, 0.2) is 45.6 Å². The molecule has 0 bridgehead atoms. The van der Waals surface area contributed by atoms with E-state index in [1.807, 2.05) is 24.3 Å². The molecular weight excluding hydrogens is 401 g/mol. The van der Waals surface area contributed by atoms with E-state index in [2.05, 4.69) is 36.8 Å². The maximum atomic E-state index is 6.45. The summed E-state index contributed by atoms with van der Waals surface area (Å²) in [6, 6.07) is 7.86. The van der Waals surface area contributed by atoms with Crippen LogP contribution >= 0.6 is 55.1 Å². The highest BCUT2D eigenvalue weighted by molar-refractivity contribution is 9.11. The number of halogens is 4. The fourth-order valence-corrected chi connectivity index (χ4v) is 3.64. The SMILES string of the molecule is Clc1cnccc1CC(Cl)c1ccc(Br)cc1Br. The van der Waals surface area contributed by atoms with Crippen molar-refractivity contribution in [1.82, 2.24) is 4.98 Å². The van der Waals surface area contributed by atoms with Gasteiger partial charge in [0.2, 0.25) is 0 Å². The second kappa shape index (κ2) is 6.38. The zero-order valence-electron chi connectivity index (χ0n) is 9.21. The van der Waals surface area contributed by atoms with Crippen molar-refractivity contribution in [3.63, 3.8) is 0 Å². The lowest BCUT2D eigenvalue weighted by Crippen LogP contribution is -1.98. The molecule has 1 aromatic heterocycles. The summed E-state index contributed by atoms with van der Waals surface area (Å²) in [6.45, 7) is 0. The number of benzene rings is 1. The van der Waals surface area contributed by atoms with E-state index in [4.69, 9.17) is 23.2 Å². The van der Waals surface area contributed by atoms with Crippen LogP contribution in [-0.4, -0.2) is 4.98 Å². The van der Waals surface area contributed by atoms with Crippen molar-refractivity contribution in [3.05, 3.63) is 61.8 Å². The molecule has 1 aromatic carbocycles. The molecule has 18 heavy (non-hydrogen) atoms. The molecule has 2 aromatic rings. The molecular formula is C13H9Br2Cl2N. The van der Waals surface area contributed by atoms with Crippen molar-refractivity contribution in [3.8, 4) is 0 Å². The van der Waals surface area contributed by atoms with Crippen molar-refractivity contribution in [1.29, 1.82) is 0 Å². The first-order valence-electron chi connectivity index (χ1n) is 5.25. The Morgan fingerprint density at radius 3 is 2.67 bits per heavy atom. The highest BCUT2D eigenvalue weighted by Gasteiger charge is 2.14. The van der Waals surface area contributed by atoms with Gasteiger partial charge in [0.05, 0.1) is 10.4 Å². The second-order valence-electron chi connectivity index (χ2n) is 3.80. The van der Waals surface area contributed by atoms with Crippen LogP contribution in [0, 0.1) is 0 Å². The summed E-state index contributed by atoms with van der Waals surface area (Å²) < 4.78 is 2.01. The van der Waals surface area contributed by atoms with Crippen molar-refractivity contribution in [2.75, 3.05) is 0 Å². The highest BCUT2D eigenvalue weighted by Crippen LogP contribution is 2.33. The lowest BCUT2D eigenvalue weighted by molar-refractivity contribution is 0.911. The molecule has 0 spiro atoms. The van der Waals surface area contributed by atoms with Gasteiger partial charge in [-0.25, -0.2) is 0 Å². The van der Waals surface area contributed by atoms with E-state index in [9.17, 15) is 0 Å². The first-order chi connectivity index (χ1) is 8.58. The van der Waals surface area contributed by atoms with E-state index in [1.165, 1.54) is 0 Å². The normalized spacial score (nSPS) is 12.4. The van der Waals surface area contributed by atoms with Gasteiger partial charge in [-0.3, -0.25) is 4.98 Å². The van der Waals surface area contributed by atoms with E-state index in [0.29, 0.717) is 11.4 Å². The van der Waals surface area contributed by atoms with Crippen LogP contribution in [0.1, 0.15) is 16.5 Å². The molecule has 0 amide bonds. The number of pyridine rings is 1. The molecule has 0 aliphatic carbocycles. The first kappa shape index (κ1) is 14.3. The van der Waals surface area contributed by atoms with Crippen LogP contribution < -0.4 is 0 Å². The minimum Gasteiger partial charge on any atom is -0.263 e.